The smallest absolute Gasteiger partial charge is 0.243 e. The summed E-state index contributed by atoms with van der Waals surface area (Å²) >= 11 is 5.81. The highest BCUT2D eigenvalue weighted by atomic mass is 32.2. The van der Waals surface area contributed by atoms with E-state index in [1.807, 2.05) is 6.92 Å². The fourth-order valence-electron chi connectivity index (χ4n) is 1.79. The SMILES string of the molecule is CCC(CC(N)=S)NS(=O)(=O)c1cccc2nsnc12. The fraction of sp³-hybridized carbons (Fsp3) is 0.364. The first-order chi connectivity index (χ1) is 9.44. The van der Waals surface area contributed by atoms with E-state index in [2.05, 4.69) is 13.5 Å². The molecule has 0 amide bonds. The van der Waals surface area contributed by atoms with E-state index < -0.39 is 10.0 Å². The third-order valence-corrected chi connectivity index (χ3v) is 5.06. The van der Waals surface area contributed by atoms with Crippen LogP contribution in [-0.2, 0) is 10.0 Å². The van der Waals surface area contributed by atoms with Crippen LogP contribution < -0.4 is 10.5 Å². The summed E-state index contributed by atoms with van der Waals surface area (Å²) in [4.78, 5) is 0.415. The molecule has 0 bridgehead atoms. The van der Waals surface area contributed by atoms with Gasteiger partial charge in [0.25, 0.3) is 0 Å². The van der Waals surface area contributed by atoms with Gasteiger partial charge in [-0.3, -0.25) is 0 Å². The Morgan fingerprint density at radius 1 is 1.50 bits per heavy atom. The second-order valence-corrected chi connectivity index (χ2v) is 7.02. The van der Waals surface area contributed by atoms with E-state index in [0.717, 1.165) is 11.7 Å². The van der Waals surface area contributed by atoms with Crippen molar-refractivity contribution in [1.29, 1.82) is 0 Å². The number of hydrogen-bond donors (Lipinski definition) is 2. The number of sulfonamides is 1. The summed E-state index contributed by atoms with van der Waals surface area (Å²) in [6.45, 7) is 1.87. The Morgan fingerprint density at radius 3 is 2.90 bits per heavy atom. The van der Waals surface area contributed by atoms with Crippen molar-refractivity contribution in [2.45, 2.75) is 30.7 Å². The monoisotopic (exact) mass is 330 g/mol. The number of nitrogens with zero attached hydrogens (tertiary/aromatic N) is 2. The van der Waals surface area contributed by atoms with Gasteiger partial charge >= 0.3 is 0 Å². The van der Waals surface area contributed by atoms with E-state index in [9.17, 15) is 8.42 Å². The summed E-state index contributed by atoms with van der Waals surface area (Å²) in [5.41, 5.74) is 6.43. The van der Waals surface area contributed by atoms with Crippen LogP contribution in [0.15, 0.2) is 23.1 Å². The van der Waals surface area contributed by atoms with E-state index in [4.69, 9.17) is 18.0 Å². The predicted octanol–water partition coefficient (Wildman–Crippen LogP) is 1.42. The number of rotatable bonds is 6. The minimum atomic E-state index is -3.67. The number of aromatic nitrogens is 2. The van der Waals surface area contributed by atoms with Gasteiger partial charge in [-0.2, -0.15) is 8.75 Å². The minimum absolute atomic E-state index is 0.130. The summed E-state index contributed by atoms with van der Waals surface area (Å²) in [6.07, 6.45) is 0.929. The zero-order valence-electron chi connectivity index (χ0n) is 10.7. The summed E-state index contributed by atoms with van der Waals surface area (Å²) in [5, 5.41) is 0. The fourth-order valence-corrected chi connectivity index (χ4v) is 4.08. The Labute approximate surface area is 126 Å². The molecular weight excluding hydrogens is 316 g/mol. The molecule has 1 aromatic carbocycles. The molecular formula is C11H14N4O2S3. The molecule has 1 aromatic heterocycles. The number of hydrogen-bond acceptors (Lipinski definition) is 6. The zero-order valence-corrected chi connectivity index (χ0v) is 13.2. The summed E-state index contributed by atoms with van der Waals surface area (Å²) in [7, 11) is -3.67. The van der Waals surface area contributed by atoms with Gasteiger partial charge in [0.05, 0.1) is 16.7 Å². The number of fused-ring (bicyclic) bond motifs is 1. The highest BCUT2D eigenvalue weighted by Crippen LogP contribution is 2.21. The Kier molecular flexibility index (Phi) is 4.63. The van der Waals surface area contributed by atoms with Crippen LogP contribution in [0.5, 0.6) is 0 Å². The van der Waals surface area contributed by atoms with Crippen LogP contribution in [0, 0.1) is 0 Å². The Bertz CT molecular complexity index is 726. The van der Waals surface area contributed by atoms with Crippen LogP contribution in [0.4, 0.5) is 0 Å². The lowest BCUT2D eigenvalue weighted by Crippen LogP contribution is -2.37. The van der Waals surface area contributed by atoms with Crippen molar-refractivity contribution < 1.29 is 8.42 Å². The van der Waals surface area contributed by atoms with Gasteiger partial charge in [0.15, 0.2) is 0 Å². The van der Waals surface area contributed by atoms with Crippen LogP contribution in [0.3, 0.4) is 0 Å². The topological polar surface area (TPSA) is 98.0 Å². The molecule has 0 aliphatic rings. The molecule has 6 nitrogen and oxygen atoms in total. The van der Waals surface area contributed by atoms with Crippen molar-refractivity contribution in [2.75, 3.05) is 0 Å². The highest BCUT2D eigenvalue weighted by Gasteiger charge is 2.23. The maximum atomic E-state index is 12.4. The van der Waals surface area contributed by atoms with Gasteiger partial charge in [-0.05, 0) is 18.6 Å². The average Bonchev–Trinajstić information content (AvgIpc) is 2.84. The molecule has 2 rings (SSSR count). The largest absolute Gasteiger partial charge is 0.393 e. The van der Waals surface area contributed by atoms with E-state index in [1.54, 1.807) is 12.1 Å². The molecule has 0 saturated heterocycles. The van der Waals surface area contributed by atoms with E-state index >= 15 is 0 Å². The summed E-state index contributed by atoms with van der Waals surface area (Å²) < 4.78 is 35.6. The average molecular weight is 330 g/mol. The number of nitrogens with one attached hydrogen (secondary N) is 1. The first-order valence-electron chi connectivity index (χ1n) is 5.96. The second kappa shape index (κ2) is 6.08. The van der Waals surface area contributed by atoms with Gasteiger partial charge in [-0.25, -0.2) is 13.1 Å². The van der Waals surface area contributed by atoms with Crippen LogP contribution >= 0.6 is 23.9 Å². The first kappa shape index (κ1) is 15.2. The maximum Gasteiger partial charge on any atom is 0.243 e. The molecule has 0 saturated carbocycles. The summed E-state index contributed by atoms with van der Waals surface area (Å²) in [6, 6.07) is 4.57. The van der Waals surface area contributed by atoms with Gasteiger partial charge < -0.3 is 5.73 Å². The van der Waals surface area contributed by atoms with Crippen LogP contribution in [0.25, 0.3) is 11.0 Å². The lowest BCUT2D eigenvalue weighted by atomic mass is 10.2. The Morgan fingerprint density at radius 2 is 2.25 bits per heavy atom. The van der Waals surface area contributed by atoms with Crippen molar-refractivity contribution in [3.63, 3.8) is 0 Å². The molecule has 2 aromatic rings. The Balaban J connectivity index is 2.35. The van der Waals surface area contributed by atoms with Crippen LogP contribution in [0.1, 0.15) is 19.8 Å². The third kappa shape index (κ3) is 3.29. The van der Waals surface area contributed by atoms with E-state index in [0.29, 0.717) is 23.9 Å². The van der Waals surface area contributed by atoms with Crippen molar-refractivity contribution >= 4 is 50.0 Å². The molecule has 0 aliphatic heterocycles. The third-order valence-electron chi connectivity index (χ3n) is 2.80. The second-order valence-electron chi connectivity index (χ2n) is 4.29. The van der Waals surface area contributed by atoms with E-state index in [1.165, 1.54) is 6.07 Å². The standard InChI is InChI=1S/C11H14N4O2S3/c1-2-7(6-10(12)18)15-20(16,17)9-5-3-4-8-11(9)14-19-13-8/h3-5,7,15H,2,6H2,1H3,(H2,12,18). The molecule has 1 unspecified atom stereocenters. The molecule has 0 radical (unpaired) electrons. The number of nitrogens with two attached hydrogens (primary N) is 1. The molecule has 1 atom stereocenters. The van der Waals surface area contributed by atoms with Crippen LogP contribution in [-0.4, -0.2) is 28.2 Å². The van der Waals surface area contributed by atoms with Crippen molar-refractivity contribution in [3.8, 4) is 0 Å². The van der Waals surface area contributed by atoms with Crippen LogP contribution in [0.2, 0.25) is 0 Å². The predicted molar refractivity (Wildman–Crippen MR) is 83.2 cm³/mol. The molecule has 108 valence electrons. The van der Waals surface area contributed by atoms with Crippen molar-refractivity contribution in [2.24, 2.45) is 5.73 Å². The van der Waals surface area contributed by atoms with Gasteiger partial charge in [0.2, 0.25) is 10.0 Å². The van der Waals surface area contributed by atoms with Crippen molar-refractivity contribution in [3.05, 3.63) is 18.2 Å². The first-order valence-corrected chi connectivity index (χ1v) is 8.58. The minimum Gasteiger partial charge on any atom is -0.393 e. The molecule has 20 heavy (non-hydrogen) atoms. The van der Waals surface area contributed by atoms with Gasteiger partial charge in [-0.1, -0.05) is 25.2 Å². The summed E-state index contributed by atoms with van der Waals surface area (Å²) in [5.74, 6) is 0. The normalized spacial score (nSPS) is 13.4. The van der Waals surface area contributed by atoms with Gasteiger partial charge in [0, 0.05) is 12.5 Å². The van der Waals surface area contributed by atoms with Gasteiger partial charge in [0.1, 0.15) is 15.9 Å². The van der Waals surface area contributed by atoms with E-state index in [-0.39, 0.29) is 15.9 Å². The number of thiocarbonyl (C=S) groups is 1. The highest BCUT2D eigenvalue weighted by molar-refractivity contribution is 7.89. The Hall–Kier alpha value is -1.16. The molecule has 0 fully saturated rings. The molecule has 0 aliphatic carbocycles. The molecule has 9 heteroatoms. The number of benzene rings is 1. The van der Waals surface area contributed by atoms with Gasteiger partial charge in [-0.15, -0.1) is 0 Å². The molecule has 1 heterocycles. The maximum absolute atomic E-state index is 12.4. The zero-order chi connectivity index (χ0) is 14.8. The van der Waals surface area contributed by atoms with Crippen molar-refractivity contribution in [1.82, 2.24) is 13.5 Å². The quantitative estimate of drug-likeness (QED) is 0.778. The molecule has 0 spiro atoms. The lowest BCUT2D eigenvalue weighted by molar-refractivity contribution is 0.547. The lowest BCUT2D eigenvalue weighted by Gasteiger charge is -2.16. The molecule has 3 N–H and O–H groups in total.